The number of nitrogens with zero attached hydrogens (tertiary/aromatic N) is 4. The standard InChI is InChI=1S/C26H30N4O/c1-16-18(12-23(14-27)29(16)6)8-20-10-22(26(3,4)5)11-21(25(20)31)9-19-13-24(15-28)30(7)17(19)2/h8-9,12-13,22H,10-11H2,1-7H3/b20-8-,21-9+. The maximum Gasteiger partial charge on any atom is 0.185 e. The fraction of sp³-hybridized carbons (Fsp3) is 0.423. The van der Waals surface area contributed by atoms with Crippen molar-refractivity contribution in [2.75, 3.05) is 0 Å². The molecule has 0 bridgehead atoms. The van der Waals surface area contributed by atoms with Crippen molar-refractivity contribution >= 4 is 17.9 Å². The van der Waals surface area contributed by atoms with Gasteiger partial charge in [-0.1, -0.05) is 20.8 Å². The summed E-state index contributed by atoms with van der Waals surface area (Å²) in [6.45, 7) is 10.6. The van der Waals surface area contributed by atoms with Crippen LogP contribution in [0, 0.1) is 47.8 Å². The minimum absolute atomic E-state index is 0.0476. The van der Waals surface area contributed by atoms with Crippen molar-refractivity contribution in [3.8, 4) is 12.1 Å². The van der Waals surface area contributed by atoms with E-state index in [1.807, 2.05) is 61.4 Å². The highest BCUT2D eigenvalue weighted by molar-refractivity contribution is 6.14. The van der Waals surface area contributed by atoms with Crippen LogP contribution in [0.15, 0.2) is 23.3 Å². The molecule has 0 radical (unpaired) electrons. The molecule has 0 aromatic carbocycles. The van der Waals surface area contributed by atoms with Crippen LogP contribution >= 0.6 is 0 Å². The summed E-state index contributed by atoms with van der Waals surface area (Å²) < 4.78 is 3.71. The number of rotatable bonds is 2. The van der Waals surface area contributed by atoms with Crippen molar-refractivity contribution in [2.24, 2.45) is 25.4 Å². The Balaban J connectivity index is 2.11. The molecule has 0 amide bonds. The van der Waals surface area contributed by atoms with E-state index in [2.05, 4.69) is 32.9 Å². The molecule has 0 N–H and O–H groups in total. The number of ketones is 1. The highest BCUT2D eigenvalue weighted by Gasteiger charge is 2.34. The maximum absolute atomic E-state index is 13.5. The highest BCUT2D eigenvalue weighted by Crippen LogP contribution is 2.42. The third-order valence-corrected chi connectivity index (χ3v) is 6.78. The normalized spacial score (nSPS) is 19.6. The molecule has 1 saturated carbocycles. The molecular weight excluding hydrogens is 384 g/mol. The zero-order valence-corrected chi connectivity index (χ0v) is 19.5. The van der Waals surface area contributed by atoms with Gasteiger partial charge in [0.1, 0.15) is 23.5 Å². The molecular formula is C26H30N4O. The van der Waals surface area contributed by atoms with Crippen LogP contribution in [0.3, 0.4) is 0 Å². The van der Waals surface area contributed by atoms with Gasteiger partial charge in [-0.2, -0.15) is 10.5 Å². The van der Waals surface area contributed by atoms with Gasteiger partial charge in [0.2, 0.25) is 0 Å². The van der Waals surface area contributed by atoms with E-state index in [9.17, 15) is 15.3 Å². The Bertz CT molecular complexity index is 1110. The van der Waals surface area contributed by atoms with Gasteiger partial charge in [-0.05, 0) is 73.4 Å². The molecule has 1 fully saturated rings. The first-order valence-corrected chi connectivity index (χ1v) is 10.6. The fourth-order valence-corrected chi connectivity index (χ4v) is 4.18. The molecule has 1 aliphatic carbocycles. The van der Waals surface area contributed by atoms with Crippen LogP contribution in [-0.4, -0.2) is 14.9 Å². The summed E-state index contributed by atoms with van der Waals surface area (Å²) in [5.74, 6) is 0.380. The van der Waals surface area contributed by atoms with Crippen molar-refractivity contribution in [2.45, 2.75) is 47.5 Å². The summed E-state index contributed by atoms with van der Waals surface area (Å²) in [6.07, 6.45) is 5.35. The summed E-state index contributed by atoms with van der Waals surface area (Å²) in [5, 5.41) is 18.7. The second-order valence-electron chi connectivity index (χ2n) is 9.62. The van der Waals surface area contributed by atoms with Crippen LogP contribution in [0.25, 0.3) is 12.2 Å². The lowest BCUT2D eigenvalue weighted by atomic mass is 9.68. The van der Waals surface area contributed by atoms with Gasteiger partial charge in [0.25, 0.3) is 0 Å². The number of carbonyl (C=O) groups excluding carboxylic acids is 1. The Morgan fingerprint density at radius 3 is 1.58 bits per heavy atom. The van der Waals surface area contributed by atoms with Gasteiger partial charge < -0.3 is 9.13 Å². The van der Waals surface area contributed by atoms with E-state index in [0.717, 1.165) is 33.7 Å². The number of Topliss-reactive ketones (excluding diaryl/α,β-unsaturated/α-hetero) is 1. The molecule has 1 atom stereocenters. The van der Waals surface area contributed by atoms with Gasteiger partial charge >= 0.3 is 0 Å². The van der Waals surface area contributed by atoms with Crippen molar-refractivity contribution in [3.63, 3.8) is 0 Å². The summed E-state index contributed by atoms with van der Waals surface area (Å²) in [5.41, 5.74) is 6.55. The predicted octanol–water partition coefficient (Wildman–Crippen LogP) is 5.22. The Kier molecular flexibility index (Phi) is 5.83. The summed E-state index contributed by atoms with van der Waals surface area (Å²) >= 11 is 0. The number of hydrogen-bond donors (Lipinski definition) is 0. The summed E-state index contributed by atoms with van der Waals surface area (Å²) in [6, 6.07) is 8.11. The predicted molar refractivity (Wildman–Crippen MR) is 123 cm³/mol. The van der Waals surface area contributed by atoms with E-state index in [0.29, 0.717) is 30.1 Å². The molecule has 3 rings (SSSR count). The van der Waals surface area contributed by atoms with Crippen molar-refractivity contribution < 1.29 is 4.79 Å². The Labute approximate surface area is 184 Å². The molecule has 2 heterocycles. The second-order valence-corrected chi connectivity index (χ2v) is 9.62. The van der Waals surface area contributed by atoms with E-state index in [1.54, 1.807) is 0 Å². The molecule has 5 nitrogen and oxygen atoms in total. The first-order chi connectivity index (χ1) is 14.5. The molecule has 0 saturated heterocycles. The molecule has 1 unspecified atom stereocenters. The minimum atomic E-state index is 0.0476. The van der Waals surface area contributed by atoms with Crippen LogP contribution in [0.1, 0.15) is 67.5 Å². The van der Waals surface area contributed by atoms with Crippen molar-refractivity contribution in [1.82, 2.24) is 9.13 Å². The van der Waals surface area contributed by atoms with Gasteiger partial charge in [-0.15, -0.1) is 0 Å². The lowest BCUT2D eigenvalue weighted by Gasteiger charge is -2.35. The van der Waals surface area contributed by atoms with Gasteiger partial charge in [0.05, 0.1) is 0 Å². The quantitative estimate of drug-likeness (QED) is 0.633. The largest absolute Gasteiger partial charge is 0.339 e. The average molecular weight is 415 g/mol. The zero-order chi connectivity index (χ0) is 23.1. The maximum atomic E-state index is 13.5. The topological polar surface area (TPSA) is 74.5 Å². The molecule has 160 valence electrons. The van der Waals surface area contributed by atoms with Crippen molar-refractivity contribution in [3.05, 3.63) is 57.2 Å². The first-order valence-electron chi connectivity index (χ1n) is 10.6. The minimum Gasteiger partial charge on any atom is -0.339 e. The van der Waals surface area contributed by atoms with Crippen molar-refractivity contribution in [1.29, 1.82) is 10.5 Å². The third-order valence-electron chi connectivity index (χ3n) is 6.78. The third kappa shape index (κ3) is 4.14. The SMILES string of the molecule is Cc1c(/C=C2/CC(C(C)(C)C)C/C(=C\c3cc(C#N)n(C)c3C)C2=O)cc(C#N)n1C. The van der Waals surface area contributed by atoms with Gasteiger partial charge in [0, 0.05) is 36.6 Å². The van der Waals surface area contributed by atoms with E-state index < -0.39 is 0 Å². The summed E-state index contributed by atoms with van der Waals surface area (Å²) in [4.78, 5) is 13.5. The number of hydrogen-bond acceptors (Lipinski definition) is 3. The Morgan fingerprint density at radius 1 is 0.903 bits per heavy atom. The molecule has 2 aromatic rings. The number of aromatic nitrogens is 2. The fourth-order valence-electron chi connectivity index (χ4n) is 4.18. The van der Waals surface area contributed by atoms with Gasteiger partial charge in [-0.25, -0.2) is 0 Å². The molecule has 31 heavy (non-hydrogen) atoms. The monoisotopic (exact) mass is 414 g/mol. The highest BCUT2D eigenvalue weighted by atomic mass is 16.1. The number of carbonyl (C=O) groups is 1. The lowest BCUT2D eigenvalue weighted by molar-refractivity contribution is -0.113. The zero-order valence-electron chi connectivity index (χ0n) is 19.5. The van der Waals surface area contributed by atoms with E-state index in [4.69, 9.17) is 0 Å². The first kappa shape index (κ1) is 22.4. The lowest BCUT2D eigenvalue weighted by Crippen LogP contribution is -2.29. The molecule has 5 heteroatoms. The average Bonchev–Trinajstić information content (AvgIpc) is 3.14. The molecule has 1 aliphatic rings. The number of nitriles is 2. The smallest absolute Gasteiger partial charge is 0.185 e. The van der Waals surface area contributed by atoms with E-state index in [-0.39, 0.29) is 11.2 Å². The number of allylic oxidation sites excluding steroid dienone is 2. The van der Waals surface area contributed by atoms with Crippen LogP contribution < -0.4 is 0 Å². The van der Waals surface area contributed by atoms with Gasteiger partial charge in [-0.3, -0.25) is 4.79 Å². The molecule has 0 aliphatic heterocycles. The van der Waals surface area contributed by atoms with Crippen LogP contribution in [0.2, 0.25) is 0 Å². The van der Waals surface area contributed by atoms with E-state index >= 15 is 0 Å². The molecule has 2 aromatic heterocycles. The van der Waals surface area contributed by atoms with Gasteiger partial charge in [0.15, 0.2) is 5.78 Å². The Hall–Kier alpha value is -3.31. The second kappa shape index (κ2) is 8.08. The summed E-state index contributed by atoms with van der Waals surface area (Å²) in [7, 11) is 3.74. The Morgan fingerprint density at radius 2 is 1.29 bits per heavy atom. The van der Waals surface area contributed by atoms with E-state index in [1.165, 1.54) is 0 Å². The van der Waals surface area contributed by atoms with Crippen LogP contribution in [0.5, 0.6) is 0 Å². The van der Waals surface area contributed by atoms with Crippen LogP contribution in [0.4, 0.5) is 0 Å². The van der Waals surface area contributed by atoms with Crippen LogP contribution in [-0.2, 0) is 18.9 Å². The molecule has 0 spiro atoms.